The van der Waals surface area contributed by atoms with Crippen LogP contribution in [0.25, 0.3) is 17.3 Å². The van der Waals surface area contributed by atoms with Gasteiger partial charge in [0.2, 0.25) is 5.88 Å². The van der Waals surface area contributed by atoms with Crippen LogP contribution in [0.4, 0.5) is 5.69 Å². The van der Waals surface area contributed by atoms with Gasteiger partial charge in [-0.25, -0.2) is 4.57 Å². The average molecular weight is 364 g/mol. The van der Waals surface area contributed by atoms with Crippen molar-refractivity contribution in [3.63, 3.8) is 0 Å². The van der Waals surface area contributed by atoms with Crippen LogP contribution in [0.15, 0.2) is 58.3 Å². The van der Waals surface area contributed by atoms with Crippen molar-refractivity contribution in [2.24, 2.45) is 4.99 Å². The molecule has 0 aliphatic carbocycles. The molecule has 1 N–H and O–H groups in total. The molecule has 0 unspecified atom stereocenters. The van der Waals surface area contributed by atoms with Gasteiger partial charge in [0.05, 0.1) is 22.9 Å². The molecule has 2 aromatic carbocycles. The molecule has 0 radical (unpaired) electrons. The third-order valence-corrected chi connectivity index (χ3v) is 4.94. The van der Waals surface area contributed by atoms with E-state index in [1.54, 1.807) is 30.5 Å². The Balaban J connectivity index is 1.82. The van der Waals surface area contributed by atoms with Gasteiger partial charge in [0.25, 0.3) is 0 Å². The quantitative estimate of drug-likeness (QED) is 0.752. The zero-order valence-electron chi connectivity index (χ0n) is 14.0. The van der Waals surface area contributed by atoms with Gasteiger partial charge in [-0.05, 0) is 31.2 Å². The van der Waals surface area contributed by atoms with Crippen molar-refractivity contribution in [3.8, 4) is 17.3 Å². The van der Waals surface area contributed by atoms with Crippen molar-refractivity contribution in [1.29, 1.82) is 0 Å². The summed E-state index contributed by atoms with van der Waals surface area (Å²) < 4.78 is 6.87. The number of benzene rings is 2. The first kappa shape index (κ1) is 16.4. The smallest absolute Gasteiger partial charge is 0.315 e. The van der Waals surface area contributed by atoms with E-state index in [4.69, 9.17) is 4.74 Å². The topological polar surface area (TPSA) is 63.8 Å². The summed E-state index contributed by atoms with van der Waals surface area (Å²) in [7, 11) is 0. The SMILES string of the molecule is CCOc1ccccc1-n1c(O)c(/C=C2\C=Nc3ccccc32)sc1=O. The van der Waals surface area contributed by atoms with Gasteiger partial charge in [-0.1, -0.05) is 41.7 Å². The Kier molecular flexibility index (Phi) is 4.18. The average Bonchev–Trinajstić information content (AvgIpc) is 3.18. The molecule has 130 valence electrons. The second kappa shape index (κ2) is 6.65. The maximum absolute atomic E-state index is 12.5. The second-order valence-corrected chi connectivity index (χ2v) is 6.66. The van der Waals surface area contributed by atoms with Crippen molar-refractivity contribution in [1.82, 2.24) is 4.57 Å². The number of hydrogen-bond donors (Lipinski definition) is 1. The van der Waals surface area contributed by atoms with Gasteiger partial charge in [0, 0.05) is 17.4 Å². The summed E-state index contributed by atoms with van der Waals surface area (Å²) in [5.74, 6) is 0.453. The Labute approximate surface area is 154 Å². The molecule has 4 rings (SSSR count). The predicted octanol–water partition coefficient (Wildman–Crippen LogP) is 4.26. The largest absolute Gasteiger partial charge is 0.493 e. The first-order chi connectivity index (χ1) is 12.7. The molecular weight excluding hydrogens is 348 g/mol. The Morgan fingerprint density at radius 1 is 1.19 bits per heavy atom. The minimum Gasteiger partial charge on any atom is -0.493 e. The van der Waals surface area contributed by atoms with E-state index in [1.165, 1.54) is 4.57 Å². The lowest BCUT2D eigenvalue weighted by Crippen LogP contribution is -2.11. The molecule has 0 amide bonds. The number of ether oxygens (including phenoxy) is 1. The molecule has 1 aliphatic heterocycles. The molecular formula is C20H16N2O3S. The van der Waals surface area contributed by atoms with Gasteiger partial charge < -0.3 is 9.84 Å². The molecule has 1 aromatic heterocycles. The van der Waals surface area contributed by atoms with E-state index < -0.39 is 0 Å². The van der Waals surface area contributed by atoms with Crippen LogP contribution >= 0.6 is 11.3 Å². The minimum absolute atomic E-state index is 0.0996. The van der Waals surface area contributed by atoms with Crippen LogP contribution < -0.4 is 9.61 Å². The fourth-order valence-corrected chi connectivity index (χ4v) is 3.74. The lowest BCUT2D eigenvalue weighted by molar-refractivity contribution is 0.337. The molecule has 0 saturated heterocycles. The normalized spacial score (nSPS) is 14.0. The second-order valence-electron chi connectivity index (χ2n) is 5.67. The highest BCUT2D eigenvalue weighted by atomic mass is 32.1. The summed E-state index contributed by atoms with van der Waals surface area (Å²) in [5, 5.41) is 10.7. The monoisotopic (exact) mass is 364 g/mol. The van der Waals surface area contributed by atoms with Crippen LogP contribution in [0.3, 0.4) is 0 Å². The van der Waals surface area contributed by atoms with E-state index in [0.29, 0.717) is 22.9 Å². The van der Waals surface area contributed by atoms with E-state index in [2.05, 4.69) is 4.99 Å². The Morgan fingerprint density at radius 3 is 2.81 bits per heavy atom. The molecule has 3 aromatic rings. The Bertz CT molecular complexity index is 1090. The number of nitrogens with zero attached hydrogens (tertiary/aromatic N) is 2. The number of rotatable bonds is 4. The molecule has 0 bridgehead atoms. The molecule has 0 spiro atoms. The summed E-state index contributed by atoms with van der Waals surface area (Å²) in [6, 6.07) is 14.9. The third kappa shape index (κ3) is 2.74. The van der Waals surface area contributed by atoms with Crippen molar-refractivity contribution in [3.05, 3.63) is 68.6 Å². The number of para-hydroxylation sites is 3. The highest BCUT2D eigenvalue weighted by Crippen LogP contribution is 2.35. The first-order valence-electron chi connectivity index (χ1n) is 8.21. The third-order valence-electron chi connectivity index (χ3n) is 4.06. The summed E-state index contributed by atoms with van der Waals surface area (Å²) in [5.41, 5.74) is 3.25. The zero-order chi connectivity index (χ0) is 18.1. The molecule has 1 aliphatic rings. The maximum Gasteiger partial charge on any atom is 0.315 e. The van der Waals surface area contributed by atoms with E-state index in [9.17, 15) is 9.90 Å². The Morgan fingerprint density at radius 2 is 1.96 bits per heavy atom. The molecule has 0 saturated carbocycles. The molecule has 0 atom stereocenters. The standard InChI is InChI=1S/C20H16N2O3S/c1-2-25-17-10-6-5-9-16(17)22-19(23)18(26-20(22)24)11-13-12-21-15-8-4-3-7-14(13)15/h3-12,23H,2H2,1H3/b13-11+. The number of aromatic hydroxyl groups is 1. The van der Waals surface area contributed by atoms with Crippen LogP contribution in [0, 0.1) is 0 Å². The van der Waals surface area contributed by atoms with Crippen molar-refractivity contribution in [2.45, 2.75) is 6.92 Å². The molecule has 5 nitrogen and oxygen atoms in total. The lowest BCUT2D eigenvalue weighted by Gasteiger charge is -2.10. The highest BCUT2D eigenvalue weighted by molar-refractivity contribution is 7.10. The van der Waals surface area contributed by atoms with E-state index in [-0.39, 0.29) is 10.8 Å². The fraction of sp³-hybridized carbons (Fsp3) is 0.100. The van der Waals surface area contributed by atoms with E-state index >= 15 is 0 Å². The van der Waals surface area contributed by atoms with Gasteiger partial charge in [0.15, 0.2) is 0 Å². The van der Waals surface area contributed by atoms with Crippen LogP contribution in [-0.2, 0) is 0 Å². The van der Waals surface area contributed by atoms with Gasteiger partial charge >= 0.3 is 4.87 Å². The van der Waals surface area contributed by atoms with Gasteiger partial charge in [-0.15, -0.1) is 0 Å². The van der Waals surface area contributed by atoms with Crippen LogP contribution in [0.1, 0.15) is 17.4 Å². The van der Waals surface area contributed by atoms with Crippen LogP contribution in [0.2, 0.25) is 0 Å². The molecule has 0 fully saturated rings. The van der Waals surface area contributed by atoms with Crippen molar-refractivity contribution < 1.29 is 9.84 Å². The van der Waals surface area contributed by atoms with Crippen LogP contribution in [-0.4, -0.2) is 22.5 Å². The summed E-state index contributed by atoms with van der Waals surface area (Å²) >= 11 is 0.988. The minimum atomic E-state index is -0.273. The van der Waals surface area contributed by atoms with Crippen molar-refractivity contribution in [2.75, 3.05) is 6.61 Å². The maximum atomic E-state index is 12.5. The highest BCUT2D eigenvalue weighted by Gasteiger charge is 2.19. The fourth-order valence-electron chi connectivity index (χ4n) is 2.90. The molecule has 6 heteroatoms. The zero-order valence-corrected chi connectivity index (χ0v) is 14.9. The summed E-state index contributed by atoms with van der Waals surface area (Å²) in [4.78, 5) is 17.1. The Hall–Kier alpha value is -3.12. The number of fused-ring (bicyclic) bond motifs is 1. The summed E-state index contributed by atoms with van der Waals surface area (Å²) in [6.45, 7) is 2.35. The van der Waals surface area contributed by atoms with E-state index in [0.717, 1.165) is 28.2 Å². The van der Waals surface area contributed by atoms with E-state index in [1.807, 2.05) is 37.3 Å². The molecule has 2 heterocycles. The van der Waals surface area contributed by atoms with Crippen LogP contribution in [0.5, 0.6) is 11.6 Å². The summed E-state index contributed by atoms with van der Waals surface area (Å²) in [6.07, 6.45) is 3.53. The molecule has 26 heavy (non-hydrogen) atoms. The number of allylic oxidation sites excluding steroid dienone is 1. The predicted molar refractivity (Wildman–Crippen MR) is 105 cm³/mol. The van der Waals surface area contributed by atoms with Gasteiger partial charge in [-0.2, -0.15) is 0 Å². The number of thiazole rings is 1. The number of hydrogen-bond acceptors (Lipinski definition) is 5. The van der Waals surface area contributed by atoms with Crippen molar-refractivity contribution >= 4 is 34.9 Å². The lowest BCUT2D eigenvalue weighted by atomic mass is 10.1. The number of aliphatic imine (C=N–C) groups is 1. The van der Waals surface area contributed by atoms with Gasteiger partial charge in [-0.3, -0.25) is 9.79 Å². The first-order valence-corrected chi connectivity index (χ1v) is 9.03. The number of aromatic nitrogens is 1. The van der Waals surface area contributed by atoms with Gasteiger partial charge in [0.1, 0.15) is 5.75 Å².